The highest BCUT2D eigenvalue weighted by Crippen LogP contribution is 2.42. The summed E-state index contributed by atoms with van der Waals surface area (Å²) in [5.41, 5.74) is 5.02. The van der Waals surface area contributed by atoms with Crippen molar-refractivity contribution in [1.29, 1.82) is 0 Å². The Hall–Kier alpha value is -1.31. The van der Waals surface area contributed by atoms with Gasteiger partial charge in [-0.05, 0) is 18.9 Å². The maximum absolute atomic E-state index is 12.4. The molecule has 84 valence electrons. The fourth-order valence-corrected chi connectivity index (χ4v) is 2.79. The number of ether oxygens (including phenoxy) is 1. The van der Waals surface area contributed by atoms with Crippen LogP contribution in [0, 0.1) is 5.41 Å². The van der Waals surface area contributed by atoms with Gasteiger partial charge in [-0.2, -0.15) is 0 Å². The molecule has 2 atom stereocenters. The Morgan fingerprint density at radius 2 is 2.44 bits per heavy atom. The lowest BCUT2D eigenvalue weighted by Crippen LogP contribution is -2.50. The Kier molecular flexibility index (Phi) is 1.91. The Morgan fingerprint density at radius 3 is 3.25 bits per heavy atom. The van der Waals surface area contributed by atoms with Crippen LogP contribution in [0.25, 0.3) is 0 Å². The summed E-state index contributed by atoms with van der Waals surface area (Å²) in [5, 5.41) is 0. The first-order valence-electron chi connectivity index (χ1n) is 5.63. The Morgan fingerprint density at radius 1 is 1.62 bits per heavy atom. The van der Waals surface area contributed by atoms with E-state index < -0.39 is 5.41 Å². The van der Waals surface area contributed by atoms with E-state index in [1.54, 1.807) is 0 Å². The molecule has 1 aliphatic carbocycles. The lowest BCUT2D eigenvalue weighted by Gasteiger charge is -2.39. The molecule has 3 aliphatic heterocycles. The van der Waals surface area contributed by atoms with Crippen LogP contribution in [-0.4, -0.2) is 37.1 Å². The zero-order valence-electron chi connectivity index (χ0n) is 9.62. The molecule has 0 N–H and O–H groups in total. The van der Waals surface area contributed by atoms with Crippen molar-refractivity contribution in [3.8, 4) is 0 Å². The maximum Gasteiger partial charge on any atom is 0.240 e. The number of rotatable bonds is 0. The molecule has 3 heterocycles. The second-order valence-electron chi connectivity index (χ2n) is 4.89. The van der Waals surface area contributed by atoms with Crippen LogP contribution < -0.4 is 0 Å². The number of fused-ring (bicyclic) bond motifs is 2. The van der Waals surface area contributed by atoms with Crippen LogP contribution in [-0.2, 0) is 9.53 Å². The standard InChI is InChI=1S/C13H15NO2/c1-9-5-10-7-16-8-13(10)4-3-11(6-9)14(2)12(13)15/h3-4,11H,6-8H2,1-2H3/t5?,11-,13-/m0/s1. The molecule has 1 amide bonds. The van der Waals surface area contributed by atoms with Gasteiger partial charge in [-0.3, -0.25) is 4.79 Å². The van der Waals surface area contributed by atoms with Crippen LogP contribution in [0.1, 0.15) is 13.3 Å². The summed E-state index contributed by atoms with van der Waals surface area (Å²) in [4.78, 5) is 14.2. The SMILES string of the molecule is CC1=C=C2COC[C@@]23C=C[C@@H](C1)N(C)C3=O. The van der Waals surface area contributed by atoms with Crippen LogP contribution >= 0.6 is 0 Å². The van der Waals surface area contributed by atoms with Gasteiger partial charge in [-0.25, -0.2) is 0 Å². The highest BCUT2D eigenvalue weighted by Gasteiger charge is 2.49. The van der Waals surface area contributed by atoms with E-state index in [1.807, 2.05) is 18.0 Å². The zero-order valence-corrected chi connectivity index (χ0v) is 9.62. The molecule has 3 nitrogen and oxygen atoms in total. The number of hydrogen-bond acceptors (Lipinski definition) is 2. The molecule has 1 saturated heterocycles. The molecule has 2 bridgehead atoms. The first-order chi connectivity index (χ1) is 7.63. The fraction of sp³-hybridized carbons (Fsp3) is 0.538. The average Bonchev–Trinajstić information content (AvgIpc) is 2.61. The van der Waals surface area contributed by atoms with Gasteiger partial charge < -0.3 is 9.64 Å². The van der Waals surface area contributed by atoms with Gasteiger partial charge in [0, 0.05) is 12.6 Å². The van der Waals surface area contributed by atoms with Crippen molar-refractivity contribution in [2.45, 2.75) is 19.4 Å². The molecule has 3 heteroatoms. The topological polar surface area (TPSA) is 29.5 Å². The first-order valence-corrected chi connectivity index (χ1v) is 5.63. The smallest absolute Gasteiger partial charge is 0.240 e. The lowest BCUT2D eigenvalue weighted by atomic mass is 9.76. The Balaban J connectivity index is 2.26. The van der Waals surface area contributed by atoms with E-state index in [-0.39, 0.29) is 11.9 Å². The van der Waals surface area contributed by atoms with E-state index in [1.165, 1.54) is 5.57 Å². The van der Waals surface area contributed by atoms with Crippen molar-refractivity contribution in [3.05, 3.63) is 29.0 Å². The summed E-state index contributed by atoms with van der Waals surface area (Å²) in [7, 11) is 1.88. The van der Waals surface area contributed by atoms with Crippen molar-refractivity contribution in [2.24, 2.45) is 5.41 Å². The van der Waals surface area contributed by atoms with E-state index >= 15 is 0 Å². The fourth-order valence-electron chi connectivity index (χ4n) is 2.79. The third-order valence-electron chi connectivity index (χ3n) is 3.80. The minimum atomic E-state index is -0.549. The third kappa shape index (κ3) is 1.10. The summed E-state index contributed by atoms with van der Waals surface area (Å²) in [6.45, 7) is 3.08. The number of nitrogens with zero attached hydrogens (tertiary/aromatic N) is 1. The van der Waals surface area contributed by atoms with Gasteiger partial charge in [0.25, 0.3) is 0 Å². The van der Waals surface area contributed by atoms with Gasteiger partial charge in [0.15, 0.2) is 0 Å². The lowest BCUT2D eigenvalue weighted by molar-refractivity contribution is -0.139. The van der Waals surface area contributed by atoms with Gasteiger partial charge in [-0.1, -0.05) is 12.2 Å². The molecule has 1 fully saturated rings. The second kappa shape index (κ2) is 3.09. The van der Waals surface area contributed by atoms with Gasteiger partial charge in [-0.15, -0.1) is 5.73 Å². The van der Waals surface area contributed by atoms with Gasteiger partial charge in [0.1, 0.15) is 5.41 Å². The van der Waals surface area contributed by atoms with Crippen LogP contribution in [0.3, 0.4) is 0 Å². The van der Waals surface area contributed by atoms with Gasteiger partial charge >= 0.3 is 0 Å². The van der Waals surface area contributed by atoms with E-state index in [0.29, 0.717) is 13.2 Å². The van der Waals surface area contributed by atoms with Crippen molar-refractivity contribution in [1.82, 2.24) is 4.90 Å². The number of carbonyl (C=O) groups excluding carboxylic acids is 1. The molecule has 0 aromatic rings. The number of carbonyl (C=O) groups is 1. The largest absolute Gasteiger partial charge is 0.375 e. The van der Waals surface area contributed by atoms with E-state index in [0.717, 1.165) is 12.0 Å². The highest BCUT2D eigenvalue weighted by molar-refractivity contribution is 5.90. The summed E-state index contributed by atoms with van der Waals surface area (Å²) in [5.74, 6) is 0.160. The molecule has 0 saturated carbocycles. The molecule has 0 aromatic carbocycles. The van der Waals surface area contributed by atoms with Crippen molar-refractivity contribution >= 4 is 5.91 Å². The van der Waals surface area contributed by atoms with E-state index in [2.05, 4.69) is 18.7 Å². The summed E-state index contributed by atoms with van der Waals surface area (Å²) in [6, 6.07) is 0.188. The summed E-state index contributed by atoms with van der Waals surface area (Å²) in [6.07, 6.45) is 5.04. The molecule has 4 rings (SSSR count). The van der Waals surface area contributed by atoms with Crippen LogP contribution in [0.4, 0.5) is 0 Å². The average molecular weight is 217 g/mol. The third-order valence-corrected chi connectivity index (χ3v) is 3.80. The number of amides is 1. The van der Waals surface area contributed by atoms with Crippen LogP contribution in [0.15, 0.2) is 29.0 Å². The highest BCUT2D eigenvalue weighted by atomic mass is 16.5. The molecule has 0 aromatic heterocycles. The molecule has 1 spiro atoms. The molecular formula is C13H15NO2. The first kappa shape index (κ1) is 9.88. The Labute approximate surface area is 95.1 Å². The van der Waals surface area contributed by atoms with Gasteiger partial charge in [0.2, 0.25) is 5.91 Å². The van der Waals surface area contributed by atoms with Crippen LogP contribution in [0.5, 0.6) is 0 Å². The van der Waals surface area contributed by atoms with Crippen molar-refractivity contribution < 1.29 is 9.53 Å². The zero-order chi connectivity index (χ0) is 11.3. The predicted octanol–water partition coefficient (Wildman–Crippen LogP) is 1.28. The van der Waals surface area contributed by atoms with Gasteiger partial charge in [0.05, 0.1) is 19.3 Å². The van der Waals surface area contributed by atoms with E-state index in [4.69, 9.17) is 4.74 Å². The minimum absolute atomic E-state index is 0.160. The van der Waals surface area contributed by atoms with Crippen LogP contribution in [0.2, 0.25) is 0 Å². The van der Waals surface area contributed by atoms with Crippen molar-refractivity contribution in [3.63, 3.8) is 0 Å². The monoisotopic (exact) mass is 217 g/mol. The molecule has 0 radical (unpaired) electrons. The number of likely N-dealkylation sites (N-methyl/N-ethyl adjacent to an activating group) is 1. The number of hydrogen-bond donors (Lipinski definition) is 0. The normalized spacial score (nSPS) is 36.8. The summed E-state index contributed by atoms with van der Waals surface area (Å²) < 4.78 is 5.48. The van der Waals surface area contributed by atoms with E-state index in [9.17, 15) is 4.79 Å². The summed E-state index contributed by atoms with van der Waals surface area (Å²) >= 11 is 0. The minimum Gasteiger partial charge on any atom is -0.375 e. The Bertz CT molecular complexity index is 457. The maximum atomic E-state index is 12.4. The molecule has 4 aliphatic rings. The molecule has 0 unspecified atom stereocenters. The quantitative estimate of drug-likeness (QED) is 0.452. The molecule has 16 heavy (non-hydrogen) atoms. The molecular weight excluding hydrogens is 202 g/mol. The second-order valence-corrected chi connectivity index (χ2v) is 4.89. The predicted molar refractivity (Wildman–Crippen MR) is 59.8 cm³/mol. The van der Waals surface area contributed by atoms with Crippen molar-refractivity contribution in [2.75, 3.05) is 20.3 Å².